The largest absolute Gasteiger partial charge is 0.388 e. The van der Waals surface area contributed by atoms with Gasteiger partial charge < -0.3 is 10.8 Å². The van der Waals surface area contributed by atoms with Gasteiger partial charge in [-0.1, -0.05) is 35.3 Å². The average Bonchev–Trinajstić information content (AvgIpc) is 2.44. The highest BCUT2D eigenvalue weighted by Crippen LogP contribution is 2.33. The highest BCUT2D eigenvalue weighted by atomic mass is 35.5. The van der Waals surface area contributed by atoms with Gasteiger partial charge in [-0.05, 0) is 35.9 Å². The van der Waals surface area contributed by atoms with Crippen molar-refractivity contribution in [3.8, 4) is 0 Å². The fourth-order valence-corrected chi connectivity index (χ4v) is 2.42. The summed E-state index contributed by atoms with van der Waals surface area (Å²) in [6, 6.07) is 11.0. The second kappa shape index (κ2) is 6.55. The highest BCUT2D eigenvalue weighted by molar-refractivity contribution is 6.30. The summed E-state index contributed by atoms with van der Waals surface area (Å²) in [6.07, 6.45) is -1.07. The van der Waals surface area contributed by atoms with Crippen LogP contribution < -0.4 is 5.73 Å². The van der Waals surface area contributed by atoms with E-state index in [9.17, 15) is 9.50 Å². The summed E-state index contributed by atoms with van der Waals surface area (Å²) >= 11 is 11.7. The van der Waals surface area contributed by atoms with E-state index >= 15 is 0 Å². The summed E-state index contributed by atoms with van der Waals surface area (Å²) in [7, 11) is 0. The Morgan fingerprint density at radius 1 is 1.05 bits per heavy atom. The third-order valence-electron chi connectivity index (χ3n) is 3.21. The van der Waals surface area contributed by atoms with E-state index in [1.54, 1.807) is 24.3 Å². The van der Waals surface area contributed by atoms with E-state index in [1.165, 1.54) is 18.2 Å². The minimum absolute atomic E-state index is 0.142. The lowest BCUT2D eigenvalue weighted by molar-refractivity contribution is 0.143. The van der Waals surface area contributed by atoms with Gasteiger partial charge in [-0.2, -0.15) is 0 Å². The number of halogens is 3. The number of aliphatic hydroxyl groups excluding tert-OH is 1. The van der Waals surface area contributed by atoms with Gasteiger partial charge in [-0.25, -0.2) is 4.39 Å². The number of rotatable bonds is 4. The van der Waals surface area contributed by atoms with Gasteiger partial charge in [0.1, 0.15) is 5.82 Å². The van der Waals surface area contributed by atoms with Crippen molar-refractivity contribution >= 4 is 23.2 Å². The zero-order valence-corrected chi connectivity index (χ0v) is 12.1. The molecule has 0 bridgehead atoms. The first-order valence-corrected chi connectivity index (χ1v) is 6.87. The molecule has 3 N–H and O–H groups in total. The molecule has 0 aliphatic carbocycles. The standard InChI is InChI=1S/C15H14Cl2FNO/c16-10-3-1-9(2-4-10)13(8-19)15(20)12-7-11(17)5-6-14(12)18/h1-7,13,15,20H,8,19H2. The molecule has 106 valence electrons. The molecular formula is C15H14Cl2FNO. The lowest BCUT2D eigenvalue weighted by Crippen LogP contribution is -2.21. The monoisotopic (exact) mass is 313 g/mol. The average molecular weight is 314 g/mol. The van der Waals surface area contributed by atoms with Gasteiger partial charge in [-0.15, -0.1) is 0 Å². The molecule has 0 heterocycles. The summed E-state index contributed by atoms with van der Waals surface area (Å²) < 4.78 is 13.8. The highest BCUT2D eigenvalue weighted by Gasteiger charge is 2.24. The van der Waals surface area contributed by atoms with Gasteiger partial charge in [-0.3, -0.25) is 0 Å². The Balaban J connectivity index is 2.35. The molecule has 0 saturated carbocycles. The number of hydrogen-bond acceptors (Lipinski definition) is 2. The first kappa shape index (κ1) is 15.3. The fourth-order valence-electron chi connectivity index (χ4n) is 2.12. The zero-order chi connectivity index (χ0) is 14.7. The molecule has 2 aromatic carbocycles. The van der Waals surface area contributed by atoms with Crippen molar-refractivity contribution in [1.82, 2.24) is 0 Å². The normalized spacial score (nSPS) is 14.1. The van der Waals surface area contributed by atoms with Crippen LogP contribution >= 0.6 is 23.2 Å². The molecule has 2 nitrogen and oxygen atoms in total. The molecule has 0 aliphatic rings. The first-order chi connectivity index (χ1) is 9.52. The Kier molecular flexibility index (Phi) is 5.00. The van der Waals surface area contributed by atoms with Gasteiger partial charge >= 0.3 is 0 Å². The molecule has 5 heteroatoms. The molecule has 2 atom stereocenters. The molecule has 0 aromatic heterocycles. The maximum absolute atomic E-state index is 13.8. The summed E-state index contributed by atoms with van der Waals surface area (Å²) in [4.78, 5) is 0. The Morgan fingerprint density at radius 2 is 1.65 bits per heavy atom. The van der Waals surface area contributed by atoms with Crippen molar-refractivity contribution in [3.05, 3.63) is 69.5 Å². The van der Waals surface area contributed by atoms with Crippen molar-refractivity contribution < 1.29 is 9.50 Å². The van der Waals surface area contributed by atoms with Crippen LogP contribution in [0.1, 0.15) is 23.1 Å². The van der Waals surface area contributed by atoms with Gasteiger partial charge in [0.2, 0.25) is 0 Å². The molecule has 2 unspecified atom stereocenters. The number of nitrogens with two attached hydrogens (primary N) is 1. The third-order valence-corrected chi connectivity index (χ3v) is 3.70. The maximum Gasteiger partial charge on any atom is 0.129 e. The van der Waals surface area contributed by atoms with Crippen LogP contribution in [0.2, 0.25) is 10.0 Å². The SMILES string of the molecule is NCC(c1ccc(Cl)cc1)C(O)c1cc(Cl)ccc1F. The predicted molar refractivity (Wildman–Crippen MR) is 79.6 cm³/mol. The number of aliphatic hydroxyl groups is 1. The van der Waals surface area contributed by atoms with Crippen molar-refractivity contribution in [3.63, 3.8) is 0 Å². The quantitative estimate of drug-likeness (QED) is 0.899. The smallest absolute Gasteiger partial charge is 0.129 e. The second-order valence-electron chi connectivity index (χ2n) is 4.50. The van der Waals surface area contributed by atoms with E-state index in [1.807, 2.05) is 0 Å². The van der Waals surface area contributed by atoms with Crippen LogP contribution in [-0.2, 0) is 0 Å². The molecule has 0 saturated heterocycles. The van der Waals surface area contributed by atoms with E-state index in [2.05, 4.69) is 0 Å². The van der Waals surface area contributed by atoms with Crippen LogP contribution in [0.5, 0.6) is 0 Å². The molecule has 2 rings (SSSR count). The van der Waals surface area contributed by atoms with Crippen molar-refractivity contribution in [2.45, 2.75) is 12.0 Å². The molecule has 0 amide bonds. The van der Waals surface area contributed by atoms with E-state index in [4.69, 9.17) is 28.9 Å². The van der Waals surface area contributed by atoms with Crippen LogP contribution in [0, 0.1) is 5.82 Å². The predicted octanol–water partition coefficient (Wildman–Crippen LogP) is 3.91. The van der Waals surface area contributed by atoms with E-state index in [0.29, 0.717) is 10.0 Å². The van der Waals surface area contributed by atoms with E-state index in [0.717, 1.165) is 5.56 Å². The maximum atomic E-state index is 13.8. The molecule has 0 spiro atoms. The van der Waals surface area contributed by atoms with Crippen LogP contribution in [0.3, 0.4) is 0 Å². The second-order valence-corrected chi connectivity index (χ2v) is 5.38. The van der Waals surface area contributed by atoms with Crippen LogP contribution in [0.25, 0.3) is 0 Å². The summed E-state index contributed by atoms with van der Waals surface area (Å²) in [6.45, 7) is 0.175. The fraction of sp³-hybridized carbons (Fsp3) is 0.200. The van der Waals surface area contributed by atoms with Crippen molar-refractivity contribution in [2.75, 3.05) is 6.54 Å². The number of benzene rings is 2. The minimum Gasteiger partial charge on any atom is -0.388 e. The van der Waals surface area contributed by atoms with Crippen LogP contribution in [-0.4, -0.2) is 11.7 Å². The molecule has 0 radical (unpaired) electrons. The molecule has 20 heavy (non-hydrogen) atoms. The van der Waals surface area contributed by atoms with Crippen LogP contribution in [0.4, 0.5) is 4.39 Å². The third kappa shape index (κ3) is 3.30. The van der Waals surface area contributed by atoms with Crippen molar-refractivity contribution in [1.29, 1.82) is 0 Å². The zero-order valence-electron chi connectivity index (χ0n) is 10.6. The molecule has 0 fully saturated rings. The van der Waals surface area contributed by atoms with Gasteiger partial charge in [0.05, 0.1) is 6.10 Å². The summed E-state index contributed by atoms with van der Waals surface area (Å²) in [5.74, 6) is -0.936. The Labute approximate surface area is 126 Å². The lowest BCUT2D eigenvalue weighted by Gasteiger charge is -2.23. The first-order valence-electron chi connectivity index (χ1n) is 6.11. The minimum atomic E-state index is -1.07. The van der Waals surface area contributed by atoms with E-state index < -0.39 is 17.8 Å². The van der Waals surface area contributed by atoms with Gasteiger partial charge in [0.25, 0.3) is 0 Å². The molecule has 2 aromatic rings. The molecular weight excluding hydrogens is 300 g/mol. The number of hydrogen-bond donors (Lipinski definition) is 2. The van der Waals surface area contributed by atoms with Gasteiger partial charge in [0, 0.05) is 28.1 Å². The topological polar surface area (TPSA) is 46.2 Å². The Hall–Kier alpha value is -1.13. The van der Waals surface area contributed by atoms with E-state index in [-0.39, 0.29) is 12.1 Å². The molecule has 0 aliphatic heterocycles. The van der Waals surface area contributed by atoms with Gasteiger partial charge in [0.15, 0.2) is 0 Å². The Morgan fingerprint density at radius 3 is 2.25 bits per heavy atom. The summed E-state index contributed by atoms with van der Waals surface area (Å²) in [5.41, 5.74) is 6.66. The van der Waals surface area contributed by atoms with Crippen LogP contribution in [0.15, 0.2) is 42.5 Å². The summed E-state index contributed by atoms with van der Waals surface area (Å²) in [5, 5.41) is 11.4. The lowest BCUT2D eigenvalue weighted by atomic mass is 9.89. The Bertz CT molecular complexity index is 589. The van der Waals surface area contributed by atoms with Crippen molar-refractivity contribution in [2.24, 2.45) is 5.73 Å².